The zero-order chi connectivity index (χ0) is 13.0. The molecule has 1 aromatic heterocycles. The van der Waals surface area contributed by atoms with Gasteiger partial charge in [0.25, 0.3) is 0 Å². The Hall–Kier alpha value is -1.58. The van der Waals surface area contributed by atoms with Gasteiger partial charge in [0.2, 0.25) is 0 Å². The Kier molecular flexibility index (Phi) is 4.18. The second-order valence-electron chi connectivity index (χ2n) is 3.56. The van der Waals surface area contributed by atoms with Crippen molar-refractivity contribution in [3.05, 3.63) is 57.3 Å². The van der Waals surface area contributed by atoms with E-state index in [9.17, 15) is 4.79 Å². The molecule has 2 aromatic rings. The van der Waals surface area contributed by atoms with E-state index in [-0.39, 0.29) is 5.78 Å². The molecule has 0 saturated heterocycles. The Morgan fingerprint density at radius 1 is 1.39 bits per heavy atom. The number of carbonyl (C=O) groups excluding carboxylic acids is 1. The van der Waals surface area contributed by atoms with Crippen molar-refractivity contribution in [2.45, 2.75) is 0 Å². The minimum absolute atomic E-state index is 0.122. The molecule has 2 rings (SSSR count). The van der Waals surface area contributed by atoms with E-state index >= 15 is 0 Å². The van der Waals surface area contributed by atoms with Crippen molar-refractivity contribution in [1.82, 2.24) is 0 Å². The predicted octanol–water partition coefficient (Wildman–Crippen LogP) is 4.31. The zero-order valence-electron chi connectivity index (χ0n) is 9.72. The van der Waals surface area contributed by atoms with E-state index in [0.29, 0.717) is 16.3 Å². The lowest BCUT2D eigenvalue weighted by molar-refractivity contribution is 0.104. The summed E-state index contributed by atoms with van der Waals surface area (Å²) in [5.74, 6) is 0.406. The fraction of sp³-hybridized carbons (Fsp3) is 0.0714. The summed E-state index contributed by atoms with van der Waals surface area (Å²) in [4.78, 5) is 13.1. The van der Waals surface area contributed by atoms with Gasteiger partial charge >= 0.3 is 0 Å². The number of benzene rings is 1. The molecule has 18 heavy (non-hydrogen) atoms. The van der Waals surface area contributed by atoms with E-state index in [1.807, 2.05) is 17.5 Å². The number of allylic oxidation sites excluding steroid dienone is 1. The van der Waals surface area contributed by atoms with E-state index < -0.39 is 0 Å². The molecular weight excluding hydrogens is 268 g/mol. The summed E-state index contributed by atoms with van der Waals surface area (Å²) in [5.41, 5.74) is 0.470. The van der Waals surface area contributed by atoms with Gasteiger partial charge in [-0.05, 0) is 41.8 Å². The van der Waals surface area contributed by atoms with Crippen LogP contribution in [-0.4, -0.2) is 12.9 Å². The number of hydrogen-bond acceptors (Lipinski definition) is 3. The Morgan fingerprint density at radius 3 is 2.89 bits per heavy atom. The first-order chi connectivity index (χ1) is 8.70. The Labute approximate surface area is 114 Å². The predicted molar refractivity (Wildman–Crippen MR) is 75.7 cm³/mol. The van der Waals surface area contributed by atoms with Crippen molar-refractivity contribution in [2.24, 2.45) is 0 Å². The summed E-state index contributed by atoms with van der Waals surface area (Å²) in [6.07, 6.45) is 3.31. The average Bonchev–Trinajstić information content (AvgIpc) is 2.89. The maximum atomic E-state index is 12.1. The normalized spacial score (nSPS) is 10.8. The van der Waals surface area contributed by atoms with Crippen molar-refractivity contribution in [2.75, 3.05) is 7.11 Å². The van der Waals surface area contributed by atoms with Crippen LogP contribution >= 0.6 is 22.9 Å². The summed E-state index contributed by atoms with van der Waals surface area (Å²) in [6.45, 7) is 0. The summed E-state index contributed by atoms with van der Waals surface area (Å²) in [5, 5.41) is 2.48. The van der Waals surface area contributed by atoms with Crippen molar-refractivity contribution in [1.29, 1.82) is 0 Å². The van der Waals surface area contributed by atoms with Crippen LogP contribution in [0.3, 0.4) is 0 Å². The maximum Gasteiger partial charge on any atom is 0.189 e. The topological polar surface area (TPSA) is 26.3 Å². The quantitative estimate of drug-likeness (QED) is 0.615. The molecule has 0 fully saturated rings. The summed E-state index contributed by atoms with van der Waals surface area (Å²) >= 11 is 7.46. The number of ketones is 1. The number of ether oxygens (including phenoxy) is 1. The third-order valence-electron chi connectivity index (χ3n) is 2.37. The largest absolute Gasteiger partial charge is 0.496 e. The van der Waals surface area contributed by atoms with Crippen LogP contribution in [0.25, 0.3) is 6.08 Å². The van der Waals surface area contributed by atoms with Crippen molar-refractivity contribution in [3.8, 4) is 5.75 Å². The standard InChI is InChI=1S/C14H11ClO2S/c1-17-14-7-4-10(15)9-12(14)13(16)6-5-11-3-2-8-18-11/h2-9H,1H3. The molecule has 0 N–H and O–H groups in total. The molecule has 0 aliphatic carbocycles. The molecule has 2 nitrogen and oxygen atoms in total. The number of methoxy groups -OCH3 is 1. The fourth-order valence-corrected chi connectivity index (χ4v) is 2.30. The van der Waals surface area contributed by atoms with Gasteiger partial charge in [-0.25, -0.2) is 0 Å². The van der Waals surface area contributed by atoms with Gasteiger partial charge in [0, 0.05) is 9.90 Å². The maximum absolute atomic E-state index is 12.1. The molecule has 0 radical (unpaired) electrons. The first-order valence-corrected chi connectivity index (χ1v) is 6.56. The van der Waals surface area contributed by atoms with Gasteiger partial charge in [0.15, 0.2) is 5.78 Å². The van der Waals surface area contributed by atoms with Crippen LogP contribution < -0.4 is 4.74 Å². The van der Waals surface area contributed by atoms with Crippen molar-refractivity contribution < 1.29 is 9.53 Å². The van der Waals surface area contributed by atoms with E-state index in [2.05, 4.69) is 0 Å². The van der Waals surface area contributed by atoms with Gasteiger partial charge < -0.3 is 4.74 Å². The van der Waals surface area contributed by atoms with Crippen LogP contribution in [-0.2, 0) is 0 Å². The third kappa shape index (κ3) is 3.00. The van der Waals surface area contributed by atoms with Gasteiger partial charge in [-0.15, -0.1) is 11.3 Å². The molecule has 1 aromatic carbocycles. The highest BCUT2D eigenvalue weighted by Gasteiger charge is 2.10. The summed E-state index contributed by atoms with van der Waals surface area (Å²) < 4.78 is 5.15. The molecule has 4 heteroatoms. The number of rotatable bonds is 4. The van der Waals surface area contributed by atoms with Gasteiger partial charge in [0.1, 0.15) is 5.75 Å². The van der Waals surface area contributed by atoms with Crippen LogP contribution in [0, 0.1) is 0 Å². The molecule has 0 atom stereocenters. The minimum atomic E-state index is -0.122. The molecule has 0 amide bonds. The molecule has 0 unspecified atom stereocenters. The van der Waals surface area contributed by atoms with E-state index in [1.54, 1.807) is 35.6 Å². The second-order valence-corrected chi connectivity index (χ2v) is 4.97. The number of halogens is 1. The number of thiophene rings is 1. The Balaban J connectivity index is 2.26. The van der Waals surface area contributed by atoms with Crippen LogP contribution in [0.15, 0.2) is 41.8 Å². The van der Waals surface area contributed by atoms with Crippen LogP contribution in [0.2, 0.25) is 5.02 Å². The first-order valence-electron chi connectivity index (χ1n) is 5.30. The van der Waals surface area contributed by atoms with Crippen LogP contribution in [0.5, 0.6) is 5.75 Å². The smallest absolute Gasteiger partial charge is 0.189 e. The molecule has 0 saturated carbocycles. The van der Waals surface area contributed by atoms with E-state index in [4.69, 9.17) is 16.3 Å². The monoisotopic (exact) mass is 278 g/mol. The molecule has 0 bridgehead atoms. The first kappa shape index (κ1) is 12.9. The molecule has 1 heterocycles. The number of hydrogen-bond donors (Lipinski definition) is 0. The highest BCUT2D eigenvalue weighted by Crippen LogP contribution is 2.23. The van der Waals surface area contributed by atoms with E-state index in [0.717, 1.165) is 4.88 Å². The fourth-order valence-electron chi connectivity index (χ4n) is 1.51. The van der Waals surface area contributed by atoms with Crippen molar-refractivity contribution in [3.63, 3.8) is 0 Å². The van der Waals surface area contributed by atoms with Crippen LogP contribution in [0.4, 0.5) is 0 Å². The van der Waals surface area contributed by atoms with Gasteiger partial charge in [-0.2, -0.15) is 0 Å². The minimum Gasteiger partial charge on any atom is -0.496 e. The Morgan fingerprint density at radius 2 is 2.22 bits per heavy atom. The number of carbonyl (C=O) groups is 1. The lowest BCUT2D eigenvalue weighted by Gasteiger charge is -2.05. The zero-order valence-corrected chi connectivity index (χ0v) is 11.3. The molecule has 92 valence electrons. The van der Waals surface area contributed by atoms with Gasteiger partial charge in [-0.3, -0.25) is 4.79 Å². The SMILES string of the molecule is COc1ccc(Cl)cc1C(=O)C=Cc1cccs1. The highest BCUT2D eigenvalue weighted by molar-refractivity contribution is 7.10. The molecule has 0 aliphatic rings. The van der Waals surface area contributed by atoms with E-state index in [1.165, 1.54) is 13.2 Å². The lowest BCUT2D eigenvalue weighted by atomic mass is 10.1. The third-order valence-corrected chi connectivity index (χ3v) is 3.44. The summed E-state index contributed by atoms with van der Waals surface area (Å²) in [7, 11) is 1.53. The van der Waals surface area contributed by atoms with Gasteiger partial charge in [-0.1, -0.05) is 17.7 Å². The van der Waals surface area contributed by atoms with Crippen LogP contribution in [0.1, 0.15) is 15.2 Å². The van der Waals surface area contributed by atoms with Crippen molar-refractivity contribution >= 4 is 34.8 Å². The Bertz CT molecular complexity index is 573. The van der Waals surface area contributed by atoms with Gasteiger partial charge in [0.05, 0.1) is 12.7 Å². The second kappa shape index (κ2) is 5.85. The average molecular weight is 279 g/mol. The molecule has 0 spiro atoms. The summed E-state index contributed by atoms with van der Waals surface area (Å²) in [6, 6.07) is 8.88. The lowest BCUT2D eigenvalue weighted by Crippen LogP contribution is -1.98. The highest BCUT2D eigenvalue weighted by atomic mass is 35.5. The molecule has 0 aliphatic heterocycles. The molecular formula is C14H11ClO2S.